The SMILES string of the molecule is C=CCOC(=O)Nc1ccc([C@H]2O[C@@H](CSc3ncccc3C(=O)O)C[C@@H](c3ccc(CO)cc3)O2)cc1. The van der Waals surface area contributed by atoms with Crippen molar-refractivity contribution >= 4 is 29.5 Å². The molecule has 1 aliphatic rings. The van der Waals surface area contributed by atoms with E-state index in [0.717, 1.165) is 16.7 Å². The van der Waals surface area contributed by atoms with Crippen molar-refractivity contribution in [3.63, 3.8) is 0 Å². The van der Waals surface area contributed by atoms with Crippen LogP contribution in [0.15, 0.2) is 84.5 Å². The Morgan fingerprint density at radius 2 is 1.84 bits per heavy atom. The van der Waals surface area contributed by atoms with Crippen LogP contribution in [-0.2, 0) is 20.8 Å². The van der Waals surface area contributed by atoms with Crippen molar-refractivity contribution in [1.29, 1.82) is 0 Å². The number of pyridine rings is 1. The molecule has 3 aromatic rings. The number of anilines is 1. The summed E-state index contributed by atoms with van der Waals surface area (Å²) in [4.78, 5) is 27.6. The molecule has 3 atom stereocenters. The summed E-state index contributed by atoms with van der Waals surface area (Å²) < 4.78 is 17.6. The van der Waals surface area contributed by atoms with E-state index in [9.17, 15) is 19.8 Å². The number of benzene rings is 2. The van der Waals surface area contributed by atoms with Gasteiger partial charge < -0.3 is 24.4 Å². The van der Waals surface area contributed by atoms with E-state index in [1.807, 2.05) is 24.3 Å². The van der Waals surface area contributed by atoms with E-state index in [4.69, 9.17) is 14.2 Å². The molecule has 0 bridgehead atoms. The molecular weight excluding hydrogens is 508 g/mol. The number of aliphatic hydroxyl groups is 1. The first-order valence-corrected chi connectivity index (χ1v) is 12.9. The molecule has 1 aliphatic heterocycles. The first kappa shape index (κ1) is 27.3. The van der Waals surface area contributed by atoms with Crippen molar-refractivity contribution < 1.29 is 34.0 Å². The fraction of sp³-hybridized carbons (Fsp3) is 0.250. The zero-order valence-electron chi connectivity index (χ0n) is 20.5. The minimum atomic E-state index is -1.03. The Bertz CT molecular complexity index is 1250. The first-order chi connectivity index (χ1) is 18.5. The molecule has 10 heteroatoms. The Labute approximate surface area is 224 Å². The smallest absolute Gasteiger partial charge is 0.411 e. The van der Waals surface area contributed by atoms with Crippen LogP contribution in [0, 0.1) is 0 Å². The number of aromatic nitrogens is 1. The number of rotatable bonds is 10. The van der Waals surface area contributed by atoms with Crippen LogP contribution in [0.5, 0.6) is 0 Å². The van der Waals surface area contributed by atoms with Gasteiger partial charge in [0.1, 0.15) is 11.6 Å². The van der Waals surface area contributed by atoms with Crippen molar-refractivity contribution in [2.75, 3.05) is 17.7 Å². The number of amides is 1. The molecule has 0 unspecified atom stereocenters. The highest BCUT2D eigenvalue weighted by Crippen LogP contribution is 2.39. The number of aromatic carboxylic acids is 1. The predicted molar refractivity (Wildman–Crippen MR) is 142 cm³/mol. The van der Waals surface area contributed by atoms with Gasteiger partial charge in [0.25, 0.3) is 0 Å². The molecule has 0 radical (unpaired) electrons. The molecule has 198 valence electrons. The number of hydrogen-bond donors (Lipinski definition) is 3. The number of nitrogens with zero attached hydrogens (tertiary/aromatic N) is 1. The standard InChI is InChI=1S/C28H28N2O7S/c1-2-14-35-28(34)30-21-11-9-20(10-12-21)27-36-22(17-38-25-23(26(32)33)4-3-13-29-25)15-24(37-27)19-7-5-18(16-31)6-8-19/h2-13,22,24,27,31H,1,14-17H2,(H,30,34)(H,32,33)/t22-,24+,27+/m1/s1. The molecule has 1 saturated heterocycles. The number of ether oxygens (including phenoxy) is 3. The fourth-order valence-electron chi connectivity index (χ4n) is 3.88. The van der Waals surface area contributed by atoms with Gasteiger partial charge >= 0.3 is 12.1 Å². The Morgan fingerprint density at radius 3 is 2.53 bits per heavy atom. The van der Waals surface area contributed by atoms with Gasteiger partial charge in [0.15, 0.2) is 6.29 Å². The Kier molecular flexibility index (Phi) is 9.50. The summed E-state index contributed by atoms with van der Waals surface area (Å²) in [7, 11) is 0. The number of carboxylic acid groups (broad SMARTS) is 1. The molecule has 38 heavy (non-hydrogen) atoms. The van der Waals surface area contributed by atoms with E-state index < -0.39 is 18.4 Å². The van der Waals surface area contributed by atoms with Gasteiger partial charge in [-0.3, -0.25) is 5.32 Å². The highest BCUT2D eigenvalue weighted by Gasteiger charge is 2.32. The van der Waals surface area contributed by atoms with Crippen LogP contribution in [0.1, 0.15) is 45.9 Å². The molecule has 1 aromatic heterocycles. The van der Waals surface area contributed by atoms with E-state index in [-0.39, 0.29) is 31.0 Å². The molecule has 3 N–H and O–H groups in total. The number of carbonyl (C=O) groups excluding carboxylic acids is 1. The van der Waals surface area contributed by atoms with E-state index in [0.29, 0.717) is 22.9 Å². The van der Waals surface area contributed by atoms with Crippen LogP contribution in [0.2, 0.25) is 0 Å². The lowest BCUT2D eigenvalue weighted by molar-refractivity contribution is -0.245. The van der Waals surface area contributed by atoms with Gasteiger partial charge in [0, 0.05) is 29.6 Å². The lowest BCUT2D eigenvalue weighted by atomic mass is 10.0. The third-order valence-corrected chi connectivity index (χ3v) is 6.92. The summed E-state index contributed by atoms with van der Waals surface area (Å²) in [5, 5.41) is 21.9. The second-order valence-electron chi connectivity index (χ2n) is 8.46. The van der Waals surface area contributed by atoms with Gasteiger partial charge in [0.2, 0.25) is 0 Å². The fourth-order valence-corrected chi connectivity index (χ4v) is 4.88. The highest BCUT2D eigenvalue weighted by atomic mass is 32.2. The summed E-state index contributed by atoms with van der Waals surface area (Å²) >= 11 is 1.32. The van der Waals surface area contributed by atoms with Crippen molar-refractivity contribution in [2.24, 2.45) is 0 Å². The normalized spacial score (nSPS) is 18.9. The molecule has 0 aliphatic carbocycles. The Hall–Kier alpha value is -3.70. The van der Waals surface area contributed by atoms with Gasteiger partial charge in [-0.05, 0) is 35.4 Å². The number of carboxylic acids is 1. The van der Waals surface area contributed by atoms with Crippen LogP contribution in [0.3, 0.4) is 0 Å². The lowest BCUT2D eigenvalue weighted by Gasteiger charge is -2.36. The van der Waals surface area contributed by atoms with Gasteiger partial charge in [0.05, 0.1) is 24.4 Å². The van der Waals surface area contributed by atoms with Gasteiger partial charge in [-0.1, -0.05) is 49.1 Å². The molecule has 9 nitrogen and oxygen atoms in total. The second-order valence-corrected chi connectivity index (χ2v) is 9.47. The third kappa shape index (κ3) is 7.20. The summed E-state index contributed by atoms with van der Waals surface area (Å²) in [5.41, 5.74) is 3.20. The van der Waals surface area contributed by atoms with Gasteiger partial charge in [-0.2, -0.15) is 0 Å². The molecule has 4 rings (SSSR count). The first-order valence-electron chi connectivity index (χ1n) is 11.9. The number of nitrogens with one attached hydrogen (secondary N) is 1. The maximum Gasteiger partial charge on any atom is 0.411 e. The van der Waals surface area contributed by atoms with Crippen molar-refractivity contribution in [1.82, 2.24) is 4.98 Å². The molecule has 0 saturated carbocycles. The van der Waals surface area contributed by atoms with Crippen LogP contribution in [0.4, 0.5) is 10.5 Å². The van der Waals surface area contributed by atoms with Gasteiger partial charge in [-0.15, -0.1) is 11.8 Å². The predicted octanol–water partition coefficient (Wildman–Crippen LogP) is 5.34. The van der Waals surface area contributed by atoms with Crippen LogP contribution in [0.25, 0.3) is 0 Å². The Morgan fingerprint density at radius 1 is 1.11 bits per heavy atom. The molecule has 2 heterocycles. The summed E-state index contributed by atoms with van der Waals surface area (Å²) in [6, 6.07) is 17.7. The highest BCUT2D eigenvalue weighted by molar-refractivity contribution is 7.99. The summed E-state index contributed by atoms with van der Waals surface area (Å²) in [6.07, 6.45) is 1.77. The number of thioether (sulfide) groups is 1. The van der Waals surface area contributed by atoms with E-state index >= 15 is 0 Å². The topological polar surface area (TPSA) is 127 Å². The average Bonchev–Trinajstić information content (AvgIpc) is 2.95. The van der Waals surface area contributed by atoms with Crippen molar-refractivity contribution in [2.45, 2.75) is 36.6 Å². The lowest BCUT2D eigenvalue weighted by Crippen LogP contribution is -2.31. The molecule has 1 amide bonds. The third-order valence-electron chi connectivity index (χ3n) is 5.78. The summed E-state index contributed by atoms with van der Waals surface area (Å²) in [6.45, 7) is 3.58. The number of carbonyl (C=O) groups is 2. The van der Waals surface area contributed by atoms with Crippen molar-refractivity contribution in [3.8, 4) is 0 Å². The zero-order valence-corrected chi connectivity index (χ0v) is 21.3. The maximum absolute atomic E-state index is 11.8. The average molecular weight is 537 g/mol. The molecule has 0 spiro atoms. The Balaban J connectivity index is 1.51. The monoisotopic (exact) mass is 536 g/mol. The number of aliphatic hydroxyl groups excluding tert-OH is 1. The molecule has 1 fully saturated rings. The van der Waals surface area contributed by atoms with E-state index in [2.05, 4.69) is 16.9 Å². The maximum atomic E-state index is 11.8. The van der Waals surface area contributed by atoms with E-state index in [1.165, 1.54) is 23.9 Å². The van der Waals surface area contributed by atoms with Crippen molar-refractivity contribution in [3.05, 3.63) is 102 Å². The minimum absolute atomic E-state index is 0.0473. The van der Waals surface area contributed by atoms with Crippen LogP contribution >= 0.6 is 11.8 Å². The zero-order chi connectivity index (χ0) is 26.9. The largest absolute Gasteiger partial charge is 0.478 e. The second kappa shape index (κ2) is 13.2. The molecular formula is C28H28N2O7S. The van der Waals surface area contributed by atoms with Crippen LogP contribution in [-0.4, -0.2) is 45.7 Å². The minimum Gasteiger partial charge on any atom is -0.478 e. The molecule has 2 aromatic carbocycles. The van der Waals surface area contributed by atoms with Gasteiger partial charge in [-0.25, -0.2) is 14.6 Å². The summed E-state index contributed by atoms with van der Waals surface area (Å²) in [5.74, 6) is -0.563. The quantitative estimate of drug-likeness (QED) is 0.232. The number of hydrogen-bond acceptors (Lipinski definition) is 8. The van der Waals surface area contributed by atoms with E-state index in [1.54, 1.807) is 36.5 Å². The van der Waals surface area contributed by atoms with Crippen LogP contribution < -0.4 is 5.32 Å².